The molecule has 0 aromatic carbocycles. The molecule has 102 valence electrons. The highest BCUT2D eigenvalue weighted by molar-refractivity contribution is 5.81. The van der Waals surface area contributed by atoms with Crippen molar-refractivity contribution in [2.45, 2.75) is 58.4 Å². The maximum absolute atomic E-state index is 12.0. The molecule has 0 aliphatic heterocycles. The third-order valence-corrected chi connectivity index (χ3v) is 2.88. The molecule has 0 aliphatic rings. The van der Waals surface area contributed by atoms with E-state index in [2.05, 4.69) is 6.92 Å². The Morgan fingerprint density at radius 3 is 2.41 bits per heavy atom. The van der Waals surface area contributed by atoms with E-state index in [1.54, 1.807) is 4.90 Å². The average Bonchev–Trinajstić information content (AvgIpc) is 2.32. The lowest BCUT2D eigenvalue weighted by atomic mass is 10.1. The van der Waals surface area contributed by atoms with Gasteiger partial charge in [-0.05, 0) is 12.8 Å². The van der Waals surface area contributed by atoms with Crippen molar-refractivity contribution < 1.29 is 9.90 Å². The summed E-state index contributed by atoms with van der Waals surface area (Å²) < 4.78 is 0. The monoisotopic (exact) mass is 244 g/mol. The van der Waals surface area contributed by atoms with Gasteiger partial charge in [-0.3, -0.25) is 4.79 Å². The summed E-state index contributed by atoms with van der Waals surface area (Å²) in [5, 5.41) is 8.97. The Kier molecular flexibility index (Phi) is 10.2. The minimum Gasteiger partial charge on any atom is -0.395 e. The Hall–Kier alpha value is -0.610. The molecule has 1 atom stereocenters. The van der Waals surface area contributed by atoms with E-state index in [9.17, 15) is 4.79 Å². The number of carbonyl (C=O) groups excluding carboxylic acids is 1. The van der Waals surface area contributed by atoms with Gasteiger partial charge >= 0.3 is 0 Å². The Balaban J connectivity index is 4.06. The zero-order valence-electron chi connectivity index (χ0n) is 11.3. The van der Waals surface area contributed by atoms with Crippen LogP contribution in [0.25, 0.3) is 0 Å². The fourth-order valence-corrected chi connectivity index (χ4v) is 1.85. The zero-order valence-corrected chi connectivity index (χ0v) is 11.3. The summed E-state index contributed by atoms with van der Waals surface area (Å²) in [7, 11) is 0. The Bertz CT molecular complexity index is 198. The van der Waals surface area contributed by atoms with Crippen LogP contribution in [0.1, 0.15) is 52.4 Å². The first kappa shape index (κ1) is 16.4. The van der Waals surface area contributed by atoms with Crippen LogP contribution in [-0.2, 0) is 4.79 Å². The van der Waals surface area contributed by atoms with Crippen LogP contribution in [0.15, 0.2) is 0 Å². The molecule has 0 aliphatic carbocycles. The van der Waals surface area contributed by atoms with Crippen LogP contribution < -0.4 is 5.73 Å². The van der Waals surface area contributed by atoms with Crippen molar-refractivity contribution in [2.24, 2.45) is 5.73 Å². The molecule has 0 saturated heterocycles. The minimum atomic E-state index is -0.405. The number of amides is 1. The number of nitrogens with zero attached hydrogens (tertiary/aromatic N) is 1. The quantitative estimate of drug-likeness (QED) is 0.573. The van der Waals surface area contributed by atoms with Gasteiger partial charge in [-0.25, -0.2) is 0 Å². The number of aliphatic hydroxyl groups is 1. The summed E-state index contributed by atoms with van der Waals surface area (Å²) in [5.74, 6) is -0.0163. The molecule has 17 heavy (non-hydrogen) atoms. The molecule has 0 unspecified atom stereocenters. The van der Waals surface area contributed by atoms with Crippen LogP contribution >= 0.6 is 0 Å². The second-order valence-corrected chi connectivity index (χ2v) is 4.50. The normalized spacial score (nSPS) is 12.5. The molecule has 0 rings (SSSR count). The van der Waals surface area contributed by atoms with Crippen LogP contribution in [0, 0.1) is 0 Å². The number of hydrogen-bond acceptors (Lipinski definition) is 3. The van der Waals surface area contributed by atoms with Gasteiger partial charge in [0, 0.05) is 13.1 Å². The molecule has 0 bridgehead atoms. The molecular formula is C13H28N2O2. The van der Waals surface area contributed by atoms with Gasteiger partial charge in [0.2, 0.25) is 5.91 Å². The molecule has 0 spiro atoms. The molecule has 1 amide bonds. The predicted molar refractivity (Wildman–Crippen MR) is 70.7 cm³/mol. The van der Waals surface area contributed by atoms with E-state index < -0.39 is 6.04 Å². The first-order chi connectivity index (χ1) is 8.17. The molecule has 0 radical (unpaired) electrons. The lowest BCUT2D eigenvalue weighted by molar-refractivity contribution is -0.133. The molecule has 4 nitrogen and oxygen atoms in total. The van der Waals surface area contributed by atoms with Crippen LogP contribution in [0.2, 0.25) is 0 Å². The summed E-state index contributed by atoms with van der Waals surface area (Å²) in [6.07, 6.45) is 6.14. The number of hydrogen-bond donors (Lipinski definition) is 2. The molecule has 0 aromatic heterocycles. The summed E-state index contributed by atoms with van der Waals surface area (Å²) in [6.45, 7) is 5.32. The van der Waals surface area contributed by atoms with E-state index in [1.807, 2.05) is 6.92 Å². The number of aliphatic hydroxyl groups excluding tert-OH is 1. The van der Waals surface area contributed by atoms with Crippen LogP contribution in [-0.4, -0.2) is 41.7 Å². The van der Waals surface area contributed by atoms with Crippen LogP contribution in [0.4, 0.5) is 0 Å². The predicted octanol–water partition coefficient (Wildman–Crippen LogP) is 1.51. The van der Waals surface area contributed by atoms with Gasteiger partial charge in [-0.2, -0.15) is 0 Å². The Labute approximate surface area is 105 Å². The second-order valence-electron chi connectivity index (χ2n) is 4.50. The average molecular weight is 244 g/mol. The highest BCUT2D eigenvalue weighted by atomic mass is 16.3. The highest BCUT2D eigenvalue weighted by Crippen LogP contribution is 2.05. The van der Waals surface area contributed by atoms with Gasteiger partial charge < -0.3 is 15.7 Å². The van der Waals surface area contributed by atoms with Crippen molar-refractivity contribution in [3.63, 3.8) is 0 Å². The van der Waals surface area contributed by atoms with Crippen molar-refractivity contribution in [3.05, 3.63) is 0 Å². The molecule has 3 N–H and O–H groups in total. The first-order valence-corrected chi connectivity index (χ1v) is 6.82. The second kappa shape index (κ2) is 10.5. The third-order valence-electron chi connectivity index (χ3n) is 2.88. The Morgan fingerprint density at radius 2 is 1.88 bits per heavy atom. The zero-order chi connectivity index (χ0) is 13.1. The van der Waals surface area contributed by atoms with E-state index in [-0.39, 0.29) is 12.5 Å². The third kappa shape index (κ3) is 7.34. The molecule has 0 aromatic rings. The number of rotatable bonds is 10. The van der Waals surface area contributed by atoms with Gasteiger partial charge in [0.05, 0.1) is 12.6 Å². The molecule has 4 heteroatoms. The summed E-state index contributed by atoms with van der Waals surface area (Å²) in [6, 6.07) is -0.405. The smallest absolute Gasteiger partial charge is 0.239 e. The summed E-state index contributed by atoms with van der Waals surface area (Å²) in [4.78, 5) is 13.7. The van der Waals surface area contributed by atoms with Crippen molar-refractivity contribution in [3.8, 4) is 0 Å². The van der Waals surface area contributed by atoms with E-state index in [4.69, 9.17) is 10.8 Å². The van der Waals surface area contributed by atoms with Gasteiger partial charge in [0.25, 0.3) is 0 Å². The van der Waals surface area contributed by atoms with Crippen molar-refractivity contribution in [1.82, 2.24) is 4.90 Å². The minimum absolute atomic E-state index is 0.0123. The maximum atomic E-state index is 12.0. The summed E-state index contributed by atoms with van der Waals surface area (Å²) >= 11 is 0. The fourth-order valence-electron chi connectivity index (χ4n) is 1.85. The van der Waals surface area contributed by atoms with E-state index in [0.29, 0.717) is 6.54 Å². The van der Waals surface area contributed by atoms with Gasteiger partial charge in [-0.15, -0.1) is 0 Å². The van der Waals surface area contributed by atoms with Gasteiger partial charge in [0.1, 0.15) is 0 Å². The van der Waals surface area contributed by atoms with Gasteiger partial charge in [-0.1, -0.05) is 39.5 Å². The lowest BCUT2D eigenvalue weighted by Crippen LogP contribution is -2.45. The molecule has 0 fully saturated rings. The standard InChI is InChI=1S/C13H28N2O2/c1-3-5-6-7-9-15(10-11-16)13(17)12(14)8-4-2/h12,16H,3-11,14H2,1-2H3/t12-/m0/s1. The van der Waals surface area contributed by atoms with E-state index in [0.717, 1.165) is 32.2 Å². The van der Waals surface area contributed by atoms with E-state index >= 15 is 0 Å². The largest absolute Gasteiger partial charge is 0.395 e. The van der Waals surface area contributed by atoms with Crippen LogP contribution in [0.5, 0.6) is 0 Å². The molecule has 0 saturated carbocycles. The van der Waals surface area contributed by atoms with Gasteiger partial charge in [0.15, 0.2) is 0 Å². The van der Waals surface area contributed by atoms with Crippen LogP contribution in [0.3, 0.4) is 0 Å². The number of carbonyl (C=O) groups is 1. The van der Waals surface area contributed by atoms with Crippen molar-refractivity contribution in [1.29, 1.82) is 0 Å². The lowest BCUT2D eigenvalue weighted by Gasteiger charge is -2.24. The van der Waals surface area contributed by atoms with Crippen molar-refractivity contribution in [2.75, 3.05) is 19.7 Å². The highest BCUT2D eigenvalue weighted by Gasteiger charge is 2.19. The molecule has 0 heterocycles. The SMILES string of the molecule is CCCCCCN(CCO)C(=O)[C@@H](N)CCC. The van der Waals surface area contributed by atoms with E-state index in [1.165, 1.54) is 12.8 Å². The fraction of sp³-hybridized carbons (Fsp3) is 0.923. The molecular weight excluding hydrogens is 216 g/mol. The maximum Gasteiger partial charge on any atom is 0.239 e. The summed E-state index contributed by atoms with van der Waals surface area (Å²) in [5.41, 5.74) is 5.82. The first-order valence-electron chi connectivity index (χ1n) is 6.82. The number of nitrogens with two attached hydrogens (primary N) is 1. The Morgan fingerprint density at radius 1 is 1.18 bits per heavy atom. The van der Waals surface area contributed by atoms with Crippen molar-refractivity contribution >= 4 is 5.91 Å². The number of unbranched alkanes of at least 4 members (excludes halogenated alkanes) is 3. The topological polar surface area (TPSA) is 66.6 Å².